The Morgan fingerprint density at radius 1 is 1.19 bits per heavy atom. The van der Waals surface area contributed by atoms with Crippen LogP contribution in [-0.2, 0) is 14.3 Å². The molecule has 0 aliphatic heterocycles. The molecule has 0 aromatic rings. The first kappa shape index (κ1) is 14.9. The molecule has 0 heterocycles. The Labute approximate surface area is 97.7 Å². The highest BCUT2D eigenvalue weighted by Gasteiger charge is 2.22. The van der Waals surface area contributed by atoms with Gasteiger partial charge in [0, 0.05) is 5.92 Å². The molecule has 1 N–H and O–H groups in total. The van der Waals surface area contributed by atoms with Crippen molar-refractivity contribution in [2.45, 2.75) is 52.5 Å². The van der Waals surface area contributed by atoms with Gasteiger partial charge in [-0.05, 0) is 12.8 Å². The van der Waals surface area contributed by atoms with Crippen LogP contribution in [0.5, 0.6) is 0 Å². The van der Waals surface area contributed by atoms with Crippen LogP contribution in [0.2, 0.25) is 0 Å². The van der Waals surface area contributed by atoms with E-state index in [-0.39, 0.29) is 17.8 Å². The molecule has 0 saturated carbocycles. The summed E-state index contributed by atoms with van der Waals surface area (Å²) in [6.45, 7) is 5.88. The van der Waals surface area contributed by atoms with Crippen LogP contribution in [0.25, 0.3) is 0 Å². The van der Waals surface area contributed by atoms with Gasteiger partial charge in [0.1, 0.15) is 6.04 Å². The zero-order valence-electron chi connectivity index (χ0n) is 10.7. The molecule has 2 unspecified atom stereocenters. The molecule has 0 aliphatic rings. The highest BCUT2D eigenvalue weighted by Crippen LogP contribution is 2.07. The van der Waals surface area contributed by atoms with Gasteiger partial charge in [0.25, 0.3) is 0 Å². The second-order valence-corrected chi connectivity index (χ2v) is 4.06. The van der Waals surface area contributed by atoms with E-state index in [0.717, 1.165) is 19.3 Å². The molecule has 16 heavy (non-hydrogen) atoms. The lowest BCUT2D eigenvalue weighted by molar-refractivity contribution is -0.145. The molecule has 4 heteroatoms. The van der Waals surface area contributed by atoms with E-state index in [4.69, 9.17) is 0 Å². The second kappa shape index (κ2) is 8.13. The fraction of sp³-hybridized carbons (Fsp3) is 0.833. The molecule has 4 nitrogen and oxygen atoms in total. The molecule has 94 valence electrons. The third-order valence-electron chi connectivity index (χ3n) is 2.55. The standard InChI is InChI=1S/C12H23NO3/c1-5-7-9(3)11(14)13-10(8-6-2)12(15)16-4/h9-10H,5-8H2,1-4H3,(H,13,14). The SMILES string of the molecule is CCCC(C)C(=O)NC(CCC)C(=O)OC. The second-order valence-electron chi connectivity index (χ2n) is 4.06. The first-order valence-electron chi connectivity index (χ1n) is 5.94. The topological polar surface area (TPSA) is 55.4 Å². The number of carbonyl (C=O) groups is 2. The molecule has 0 spiro atoms. The van der Waals surface area contributed by atoms with E-state index in [1.54, 1.807) is 0 Å². The summed E-state index contributed by atoms with van der Waals surface area (Å²) in [5.41, 5.74) is 0. The minimum absolute atomic E-state index is 0.0472. The zero-order chi connectivity index (χ0) is 12.6. The molecule has 2 atom stereocenters. The zero-order valence-corrected chi connectivity index (χ0v) is 10.7. The largest absolute Gasteiger partial charge is 0.467 e. The average molecular weight is 229 g/mol. The summed E-state index contributed by atoms with van der Waals surface area (Å²) in [6, 6.07) is -0.498. The average Bonchev–Trinajstić information content (AvgIpc) is 2.27. The van der Waals surface area contributed by atoms with Crippen molar-refractivity contribution in [3.05, 3.63) is 0 Å². The lowest BCUT2D eigenvalue weighted by Gasteiger charge is -2.18. The fourth-order valence-corrected chi connectivity index (χ4v) is 1.56. The number of nitrogens with one attached hydrogen (secondary N) is 1. The molecule has 0 saturated heterocycles. The summed E-state index contributed by atoms with van der Waals surface area (Å²) in [6.07, 6.45) is 3.26. The van der Waals surface area contributed by atoms with Crippen LogP contribution < -0.4 is 5.32 Å². The van der Waals surface area contributed by atoms with Crippen molar-refractivity contribution in [3.8, 4) is 0 Å². The maximum absolute atomic E-state index is 11.7. The summed E-state index contributed by atoms with van der Waals surface area (Å²) in [7, 11) is 1.34. The summed E-state index contributed by atoms with van der Waals surface area (Å²) in [4.78, 5) is 23.1. The molecule has 0 aromatic heterocycles. The van der Waals surface area contributed by atoms with Crippen molar-refractivity contribution in [3.63, 3.8) is 0 Å². The van der Waals surface area contributed by atoms with E-state index in [9.17, 15) is 9.59 Å². The van der Waals surface area contributed by atoms with Crippen LogP contribution in [0, 0.1) is 5.92 Å². The number of methoxy groups -OCH3 is 1. The van der Waals surface area contributed by atoms with Gasteiger partial charge in [0.05, 0.1) is 7.11 Å². The predicted molar refractivity (Wildman–Crippen MR) is 62.9 cm³/mol. The number of hydrogen-bond donors (Lipinski definition) is 1. The third kappa shape index (κ3) is 5.14. The van der Waals surface area contributed by atoms with Gasteiger partial charge in [-0.2, -0.15) is 0 Å². The van der Waals surface area contributed by atoms with Gasteiger partial charge in [-0.1, -0.05) is 33.6 Å². The summed E-state index contributed by atoms with van der Waals surface area (Å²) in [5.74, 6) is -0.474. The van der Waals surface area contributed by atoms with Crippen molar-refractivity contribution < 1.29 is 14.3 Å². The van der Waals surface area contributed by atoms with Crippen molar-refractivity contribution in [2.24, 2.45) is 5.92 Å². The molecule has 0 rings (SSSR count). The van der Waals surface area contributed by atoms with Crippen molar-refractivity contribution in [1.29, 1.82) is 0 Å². The summed E-state index contributed by atoms with van der Waals surface area (Å²) >= 11 is 0. The molecular weight excluding hydrogens is 206 g/mol. The predicted octanol–water partition coefficient (Wildman–Crippen LogP) is 1.88. The Kier molecular flexibility index (Phi) is 7.60. The number of rotatable bonds is 7. The van der Waals surface area contributed by atoms with Crippen LogP contribution >= 0.6 is 0 Å². The van der Waals surface area contributed by atoms with Gasteiger partial charge < -0.3 is 10.1 Å². The van der Waals surface area contributed by atoms with Crippen LogP contribution in [0.15, 0.2) is 0 Å². The molecule has 0 aliphatic carbocycles. The minimum Gasteiger partial charge on any atom is -0.467 e. The minimum atomic E-state index is -0.498. The normalized spacial score (nSPS) is 14.0. The van der Waals surface area contributed by atoms with E-state index >= 15 is 0 Å². The molecule has 0 fully saturated rings. The van der Waals surface area contributed by atoms with Gasteiger partial charge >= 0.3 is 5.97 Å². The van der Waals surface area contributed by atoms with Crippen LogP contribution in [0.1, 0.15) is 46.5 Å². The van der Waals surface area contributed by atoms with E-state index in [1.807, 2.05) is 20.8 Å². The monoisotopic (exact) mass is 229 g/mol. The number of amides is 1. The Bertz CT molecular complexity index is 228. The number of esters is 1. The molecule has 0 aromatic carbocycles. The Morgan fingerprint density at radius 2 is 1.75 bits per heavy atom. The third-order valence-corrected chi connectivity index (χ3v) is 2.55. The van der Waals surface area contributed by atoms with Crippen molar-refractivity contribution in [2.75, 3.05) is 7.11 Å². The lowest BCUT2D eigenvalue weighted by Crippen LogP contribution is -2.43. The summed E-state index contributed by atoms with van der Waals surface area (Å²) in [5, 5.41) is 2.74. The number of carbonyl (C=O) groups excluding carboxylic acids is 2. The van der Waals surface area contributed by atoms with E-state index in [2.05, 4.69) is 10.1 Å². The Morgan fingerprint density at radius 3 is 2.19 bits per heavy atom. The van der Waals surface area contributed by atoms with Crippen LogP contribution in [0.4, 0.5) is 0 Å². The van der Waals surface area contributed by atoms with Crippen molar-refractivity contribution >= 4 is 11.9 Å². The van der Waals surface area contributed by atoms with Crippen molar-refractivity contribution in [1.82, 2.24) is 5.32 Å². The highest BCUT2D eigenvalue weighted by atomic mass is 16.5. The maximum atomic E-state index is 11.7. The van der Waals surface area contributed by atoms with E-state index < -0.39 is 6.04 Å². The lowest BCUT2D eigenvalue weighted by atomic mass is 10.0. The molecular formula is C12H23NO3. The number of ether oxygens (including phenoxy) is 1. The Hall–Kier alpha value is -1.06. The van der Waals surface area contributed by atoms with E-state index in [0.29, 0.717) is 6.42 Å². The van der Waals surface area contributed by atoms with Gasteiger partial charge in [0.15, 0.2) is 0 Å². The molecule has 1 amide bonds. The number of hydrogen-bond acceptors (Lipinski definition) is 3. The van der Waals surface area contributed by atoms with Gasteiger partial charge in [0.2, 0.25) is 5.91 Å². The van der Waals surface area contributed by atoms with Gasteiger partial charge in [-0.25, -0.2) is 4.79 Å². The molecule has 0 radical (unpaired) electrons. The summed E-state index contributed by atoms with van der Waals surface area (Å²) < 4.78 is 4.65. The van der Waals surface area contributed by atoms with Crippen LogP contribution in [-0.4, -0.2) is 25.0 Å². The smallest absolute Gasteiger partial charge is 0.328 e. The molecule has 0 bridgehead atoms. The van der Waals surface area contributed by atoms with Crippen LogP contribution in [0.3, 0.4) is 0 Å². The first-order valence-corrected chi connectivity index (χ1v) is 5.94. The highest BCUT2D eigenvalue weighted by molar-refractivity contribution is 5.85. The quantitative estimate of drug-likeness (QED) is 0.678. The maximum Gasteiger partial charge on any atom is 0.328 e. The van der Waals surface area contributed by atoms with E-state index in [1.165, 1.54) is 7.11 Å². The van der Waals surface area contributed by atoms with Gasteiger partial charge in [-0.15, -0.1) is 0 Å². The van der Waals surface area contributed by atoms with Gasteiger partial charge in [-0.3, -0.25) is 4.79 Å². The first-order chi connectivity index (χ1) is 7.56. The Balaban J connectivity index is 4.27. The fourth-order valence-electron chi connectivity index (χ4n) is 1.56.